The number of dihydropyridines is 1. The molecule has 0 spiro atoms. The molecule has 0 atom stereocenters. The van der Waals surface area contributed by atoms with Gasteiger partial charge >= 0.3 is 11.9 Å². The number of carbonyl (C=O) groups excluding carboxylic acids is 2. The van der Waals surface area contributed by atoms with E-state index in [1.165, 1.54) is 0 Å². The van der Waals surface area contributed by atoms with Gasteiger partial charge in [-0.1, -0.05) is 0 Å². The Morgan fingerprint density at radius 3 is 1.55 bits per heavy atom. The highest BCUT2D eigenvalue weighted by Gasteiger charge is 2.32. The number of hydrogen-bond donors (Lipinski definition) is 1. The van der Waals surface area contributed by atoms with Crippen molar-refractivity contribution in [1.29, 1.82) is 0 Å². The standard InChI is InChI=1S/C15H23NO6/c1-5-19-12-10(14(17)21-7-3)9-11(15(18)22-8-4)13(16-12)20-6-2/h16H,5-9H2,1-4H3. The third kappa shape index (κ3) is 4.41. The maximum atomic E-state index is 12.1. The van der Waals surface area contributed by atoms with Gasteiger partial charge in [-0.15, -0.1) is 0 Å². The topological polar surface area (TPSA) is 83.1 Å². The van der Waals surface area contributed by atoms with Crippen LogP contribution in [0.25, 0.3) is 0 Å². The average Bonchev–Trinajstić information content (AvgIpc) is 2.48. The monoisotopic (exact) mass is 313 g/mol. The molecule has 0 fully saturated rings. The average molecular weight is 313 g/mol. The SMILES string of the molecule is CCOC(=O)C1=C(OCC)NC(OCC)=C(C(=O)OCC)C1. The zero-order valence-electron chi connectivity index (χ0n) is 13.5. The van der Waals surface area contributed by atoms with Crippen LogP contribution >= 0.6 is 0 Å². The van der Waals surface area contributed by atoms with Gasteiger partial charge in [-0.2, -0.15) is 0 Å². The van der Waals surface area contributed by atoms with E-state index in [0.29, 0.717) is 13.2 Å². The highest BCUT2D eigenvalue weighted by Crippen LogP contribution is 2.26. The molecule has 0 saturated carbocycles. The van der Waals surface area contributed by atoms with Crippen molar-refractivity contribution in [2.45, 2.75) is 34.1 Å². The van der Waals surface area contributed by atoms with Gasteiger partial charge in [-0.3, -0.25) is 5.32 Å². The van der Waals surface area contributed by atoms with Crippen LogP contribution in [0.3, 0.4) is 0 Å². The Morgan fingerprint density at radius 1 is 0.818 bits per heavy atom. The van der Waals surface area contributed by atoms with Crippen LogP contribution in [0.4, 0.5) is 0 Å². The molecule has 0 aromatic rings. The van der Waals surface area contributed by atoms with Crippen molar-refractivity contribution < 1.29 is 28.5 Å². The predicted octanol–water partition coefficient (Wildman–Crippen LogP) is 1.60. The molecule has 0 aliphatic carbocycles. The summed E-state index contributed by atoms with van der Waals surface area (Å²) in [7, 11) is 0. The van der Waals surface area contributed by atoms with E-state index in [9.17, 15) is 9.59 Å². The highest BCUT2D eigenvalue weighted by molar-refractivity contribution is 5.96. The van der Waals surface area contributed by atoms with Crippen LogP contribution in [0.15, 0.2) is 22.9 Å². The minimum atomic E-state index is -0.532. The van der Waals surface area contributed by atoms with Gasteiger partial charge in [0.25, 0.3) is 0 Å². The minimum absolute atomic E-state index is 0.0370. The van der Waals surface area contributed by atoms with Crippen molar-refractivity contribution in [2.75, 3.05) is 26.4 Å². The molecule has 1 heterocycles. The summed E-state index contributed by atoms with van der Waals surface area (Å²) in [6.45, 7) is 8.20. The van der Waals surface area contributed by atoms with Crippen LogP contribution < -0.4 is 5.32 Å². The second kappa shape index (κ2) is 8.96. The Kier molecular flexibility index (Phi) is 7.28. The van der Waals surface area contributed by atoms with Gasteiger partial charge in [0.2, 0.25) is 11.8 Å². The number of nitrogens with one attached hydrogen (secondary N) is 1. The van der Waals surface area contributed by atoms with Gasteiger partial charge < -0.3 is 18.9 Å². The number of rotatable bonds is 8. The summed E-state index contributed by atoms with van der Waals surface area (Å²) in [5, 5.41) is 2.85. The van der Waals surface area contributed by atoms with Crippen LogP contribution in [0.5, 0.6) is 0 Å². The molecular formula is C15H23NO6. The molecule has 0 unspecified atom stereocenters. The summed E-state index contributed by atoms with van der Waals surface area (Å²) in [5.41, 5.74) is 0.491. The number of hydrogen-bond acceptors (Lipinski definition) is 7. The second-order valence-electron chi connectivity index (χ2n) is 4.22. The lowest BCUT2D eigenvalue weighted by Crippen LogP contribution is -2.31. The molecule has 7 nitrogen and oxygen atoms in total. The Labute approximate surface area is 130 Å². The zero-order chi connectivity index (χ0) is 16.5. The van der Waals surface area contributed by atoms with E-state index >= 15 is 0 Å². The molecule has 22 heavy (non-hydrogen) atoms. The molecule has 0 aromatic heterocycles. The Bertz CT molecular complexity index is 438. The maximum absolute atomic E-state index is 12.1. The van der Waals surface area contributed by atoms with Gasteiger partial charge in [0, 0.05) is 6.42 Å². The molecule has 1 aliphatic rings. The molecule has 0 amide bonds. The number of ether oxygens (including phenoxy) is 4. The molecule has 1 aliphatic heterocycles. The second-order valence-corrected chi connectivity index (χ2v) is 4.22. The molecule has 0 radical (unpaired) electrons. The zero-order valence-corrected chi connectivity index (χ0v) is 13.5. The molecular weight excluding hydrogens is 290 g/mol. The lowest BCUT2D eigenvalue weighted by molar-refractivity contribution is -0.139. The van der Waals surface area contributed by atoms with Crippen LogP contribution in [0, 0.1) is 0 Å². The van der Waals surface area contributed by atoms with Crippen LogP contribution in [0.2, 0.25) is 0 Å². The largest absolute Gasteiger partial charge is 0.479 e. The number of carbonyl (C=O) groups is 2. The first-order chi connectivity index (χ1) is 10.6. The third-order valence-electron chi connectivity index (χ3n) is 2.75. The lowest BCUT2D eigenvalue weighted by atomic mass is 10.0. The molecule has 0 saturated heterocycles. The third-order valence-corrected chi connectivity index (χ3v) is 2.75. The first-order valence-electron chi connectivity index (χ1n) is 7.41. The van der Waals surface area contributed by atoms with E-state index in [0.717, 1.165) is 0 Å². The Hall–Kier alpha value is -2.18. The van der Waals surface area contributed by atoms with Crippen molar-refractivity contribution in [1.82, 2.24) is 5.32 Å². The summed E-state index contributed by atoms with van der Waals surface area (Å²) in [5.74, 6) is -0.568. The van der Waals surface area contributed by atoms with E-state index in [-0.39, 0.29) is 42.5 Å². The Morgan fingerprint density at radius 2 is 1.23 bits per heavy atom. The maximum Gasteiger partial charge on any atom is 0.339 e. The molecule has 0 aromatic carbocycles. The smallest absolute Gasteiger partial charge is 0.339 e. The molecule has 7 heteroatoms. The summed E-state index contributed by atoms with van der Waals surface area (Å²) in [4.78, 5) is 24.1. The fourth-order valence-electron chi connectivity index (χ4n) is 1.89. The van der Waals surface area contributed by atoms with Gasteiger partial charge in [0.15, 0.2) is 0 Å². The normalized spacial score (nSPS) is 14.4. The van der Waals surface area contributed by atoms with Crippen LogP contribution in [0.1, 0.15) is 34.1 Å². The van der Waals surface area contributed by atoms with Crippen molar-refractivity contribution in [3.05, 3.63) is 22.9 Å². The van der Waals surface area contributed by atoms with Crippen LogP contribution in [-0.4, -0.2) is 38.4 Å². The Balaban J connectivity index is 3.11. The summed E-state index contributed by atoms with van der Waals surface area (Å²) >= 11 is 0. The van der Waals surface area contributed by atoms with Crippen molar-refractivity contribution in [3.8, 4) is 0 Å². The van der Waals surface area contributed by atoms with Crippen molar-refractivity contribution in [3.63, 3.8) is 0 Å². The van der Waals surface area contributed by atoms with E-state index in [1.807, 2.05) is 0 Å². The van der Waals surface area contributed by atoms with Gasteiger partial charge in [0.1, 0.15) is 11.1 Å². The highest BCUT2D eigenvalue weighted by atomic mass is 16.5. The van der Waals surface area contributed by atoms with Crippen molar-refractivity contribution in [2.24, 2.45) is 0 Å². The van der Waals surface area contributed by atoms with Gasteiger partial charge in [0.05, 0.1) is 26.4 Å². The fourth-order valence-corrected chi connectivity index (χ4v) is 1.89. The summed E-state index contributed by atoms with van der Waals surface area (Å²) < 4.78 is 20.9. The van der Waals surface area contributed by atoms with E-state index in [1.54, 1.807) is 27.7 Å². The molecule has 0 bridgehead atoms. The molecule has 1 N–H and O–H groups in total. The number of esters is 2. The molecule has 124 valence electrons. The van der Waals surface area contributed by atoms with E-state index in [2.05, 4.69) is 5.32 Å². The van der Waals surface area contributed by atoms with Gasteiger partial charge in [-0.05, 0) is 27.7 Å². The lowest BCUT2D eigenvalue weighted by Gasteiger charge is -2.24. The van der Waals surface area contributed by atoms with Crippen LogP contribution in [-0.2, 0) is 28.5 Å². The first kappa shape index (κ1) is 17.9. The van der Waals surface area contributed by atoms with E-state index in [4.69, 9.17) is 18.9 Å². The predicted molar refractivity (Wildman–Crippen MR) is 78.3 cm³/mol. The summed E-state index contributed by atoms with van der Waals surface area (Å²) in [6.07, 6.45) is 0.0370. The van der Waals surface area contributed by atoms with Crippen molar-refractivity contribution >= 4 is 11.9 Å². The quantitative estimate of drug-likeness (QED) is 0.681. The summed E-state index contributed by atoms with van der Waals surface area (Å²) in [6, 6.07) is 0. The molecule has 1 rings (SSSR count). The van der Waals surface area contributed by atoms with E-state index < -0.39 is 11.9 Å². The van der Waals surface area contributed by atoms with Gasteiger partial charge in [-0.25, -0.2) is 9.59 Å². The fraction of sp³-hybridized carbons (Fsp3) is 0.600. The minimum Gasteiger partial charge on any atom is -0.479 e. The first-order valence-corrected chi connectivity index (χ1v) is 7.41.